The van der Waals surface area contributed by atoms with E-state index in [-0.39, 0.29) is 24.2 Å². The predicted octanol–water partition coefficient (Wildman–Crippen LogP) is 5.04. The molecule has 11 heteroatoms. The zero-order chi connectivity index (χ0) is 21.8. The maximum Gasteiger partial charge on any atom is 0.419 e. The average molecular weight is 439 g/mol. The number of ether oxygens (including phenoxy) is 1. The normalized spacial score (nSPS) is 12.8. The second kappa shape index (κ2) is 12.1. The number of nitrogens with zero attached hydrogens (tertiary/aromatic N) is 3. The molecule has 0 aliphatic rings. The summed E-state index contributed by atoms with van der Waals surface area (Å²) in [6.45, 7) is 2.31. The van der Waals surface area contributed by atoms with Gasteiger partial charge in [0.25, 0.3) is 5.69 Å². The molecule has 1 unspecified atom stereocenters. The van der Waals surface area contributed by atoms with E-state index in [2.05, 4.69) is 4.98 Å². The van der Waals surface area contributed by atoms with Crippen molar-refractivity contribution in [2.45, 2.75) is 39.0 Å². The van der Waals surface area contributed by atoms with Crippen molar-refractivity contribution in [3.63, 3.8) is 0 Å². The molecule has 0 saturated heterocycles. The van der Waals surface area contributed by atoms with Gasteiger partial charge in [-0.25, -0.2) is 18.9 Å². The van der Waals surface area contributed by atoms with Crippen molar-refractivity contribution in [1.29, 1.82) is 0 Å². The molecule has 1 atom stereocenters. The fourth-order valence-electron chi connectivity index (χ4n) is 2.66. The fraction of sp³-hybridized carbons (Fsp3) is 0.474. The topological polar surface area (TPSA) is 123 Å². The van der Waals surface area contributed by atoms with Crippen LogP contribution in [-0.4, -0.2) is 39.9 Å². The van der Waals surface area contributed by atoms with Crippen molar-refractivity contribution in [3.8, 4) is 5.75 Å². The van der Waals surface area contributed by atoms with Crippen LogP contribution in [0.4, 0.5) is 10.5 Å². The molecule has 1 aromatic carbocycles. The first-order valence-electron chi connectivity index (χ1n) is 9.76. The molecule has 2 rings (SSSR count). The van der Waals surface area contributed by atoms with Gasteiger partial charge in [0.2, 0.25) is 0 Å². The Morgan fingerprint density at radius 1 is 1.17 bits per heavy atom. The number of carbonyl (C=O) groups excluding carboxylic acids is 1. The molecule has 0 N–H and O–H groups in total. The van der Waals surface area contributed by atoms with Gasteiger partial charge in [0.15, 0.2) is 0 Å². The molecule has 30 heavy (non-hydrogen) atoms. The van der Waals surface area contributed by atoms with E-state index in [1.807, 2.05) is 0 Å². The first-order valence-corrected chi connectivity index (χ1v) is 11.5. The van der Waals surface area contributed by atoms with E-state index in [4.69, 9.17) is 13.8 Å². The second-order valence-corrected chi connectivity index (χ2v) is 8.56. The van der Waals surface area contributed by atoms with Crippen LogP contribution >= 0.6 is 7.60 Å². The van der Waals surface area contributed by atoms with Crippen LogP contribution in [0.5, 0.6) is 5.75 Å². The molecule has 0 spiro atoms. The summed E-state index contributed by atoms with van der Waals surface area (Å²) >= 11 is 0. The summed E-state index contributed by atoms with van der Waals surface area (Å²) in [4.78, 5) is 25.6. The van der Waals surface area contributed by atoms with Gasteiger partial charge in [-0.15, -0.1) is 0 Å². The number of hydrogen-bond donors (Lipinski definition) is 0. The number of carbonyl (C=O) groups is 1. The predicted molar refractivity (Wildman–Crippen MR) is 110 cm³/mol. The maximum atomic E-state index is 12.9. The van der Waals surface area contributed by atoms with Gasteiger partial charge in [-0.2, -0.15) is 0 Å². The summed E-state index contributed by atoms with van der Waals surface area (Å²) in [5.74, 6) is 0.275. The number of rotatable bonds is 13. The van der Waals surface area contributed by atoms with Crippen LogP contribution in [0.2, 0.25) is 0 Å². The number of non-ortho nitro benzene ring substituents is 1. The molecule has 0 saturated carbocycles. The number of hydrogen-bond acceptors (Lipinski definition) is 8. The van der Waals surface area contributed by atoms with Crippen molar-refractivity contribution in [1.82, 2.24) is 9.55 Å². The number of aromatic nitrogens is 2. The second-order valence-electron chi connectivity index (χ2n) is 6.45. The van der Waals surface area contributed by atoms with Gasteiger partial charge >= 0.3 is 13.7 Å². The van der Waals surface area contributed by atoms with Crippen LogP contribution in [0, 0.1) is 10.1 Å². The minimum absolute atomic E-state index is 0.0655. The number of nitro benzene ring substituents is 1. The molecule has 0 fully saturated rings. The smallest absolute Gasteiger partial charge is 0.419 e. The molecule has 0 bridgehead atoms. The lowest BCUT2D eigenvalue weighted by Gasteiger charge is -2.18. The number of imidazole rings is 1. The molecule has 0 aliphatic carbocycles. The Morgan fingerprint density at radius 2 is 1.87 bits per heavy atom. The summed E-state index contributed by atoms with van der Waals surface area (Å²) in [6.07, 6.45) is 8.22. The van der Waals surface area contributed by atoms with E-state index in [9.17, 15) is 19.5 Å². The Morgan fingerprint density at radius 3 is 2.50 bits per heavy atom. The van der Waals surface area contributed by atoms with Gasteiger partial charge in [-0.1, -0.05) is 19.3 Å². The van der Waals surface area contributed by atoms with Crippen LogP contribution in [0.1, 0.15) is 39.0 Å². The molecule has 2 aromatic rings. The zero-order valence-electron chi connectivity index (χ0n) is 16.8. The molecule has 1 aromatic heterocycles. The van der Waals surface area contributed by atoms with E-state index >= 15 is 0 Å². The number of benzene rings is 1. The van der Waals surface area contributed by atoms with Crippen LogP contribution in [0.3, 0.4) is 0 Å². The first kappa shape index (κ1) is 23.6. The Kier molecular flexibility index (Phi) is 9.50. The lowest BCUT2D eigenvalue weighted by atomic mass is 10.2. The third-order valence-corrected chi connectivity index (χ3v) is 6.14. The lowest BCUT2D eigenvalue weighted by molar-refractivity contribution is -0.384. The average Bonchev–Trinajstić information content (AvgIpc) is 3.25. The monoisotopic (exact) mass is 439 g/mol. The van der Waals surface area contributed by atoms with Crippen LogP contribution in [-0.2, 0) is 13.8 Å². The highest BCUT2D eigenvalue weighted by Crippen LogP contribution is 2.49. The van der Waals surface area contributed by atoms with Crippen molar-refractivity contribution in [3.05, 3.63) is 53.1 Å². The minimum Gasteiger partial charge on any atom is -0.449 e. The fourth-order valence-corrected chi connectivity index (χ4v) is 4.38. The summed E-state index contributed by atoms with van der Waals surface area (Å²) in [5, 5.41) is 10.7. The Balaban J connectivity index is 1.65. The Hall–Kier alpha value is -2.71. The standard InChI is InChI=1S/C19H26N3O7P/c1-2-28-30(26,29-18-10-8-17(9-11-18)22(24)25)15-7-5-3-4-6-14-27-19(23)21-13-12-20-16-21/h8-13,16H,2-7,14-15H2,1H3. The van der Waals surface area contributed by atoms with Crippen LogP contribution < -0.4 is 4.52 Å². The van der Waals surface area contributed by atoms with E-state index in [0.29, 0.717) is 13.0 Å². The number of unbranched alkanes of at least 4 members (excludes halogenated alkanes) is 4. The highest BCUT2D eigenvalue weighted by Gasteiger charge is 2.25. The van der Waals surface area contributed by atoms with Gasteiger partial charge < -0.3 is 13.8 Å². The van der Waals surface area contributed by atoms with Crippen molar-refractivity contribution < 1.29 is 28.1 Å². The summed E-state index contributed by atoms with van der Waals surface area (Å²) < 4.78 is 30.2. The SMILES string of the molecule is CCOP(=O)(CCCCCCCOC(=O)n1ccnc1)Oc1ccc([N+](=O)[O-])cc1. The highest BCUT2D eigenvalue weighted by molar-refractivity contribution is 7.54. The quantitative estimate of drug-likeness (QED) is 0.184. The summed E-state index contributed by atoms with van der Waals surface area (Å²) in [7, 11) is -3.33. The van der Waals surface area contributed by atoms with E-state index in [1.165, 1.54) is 47.6 Å². The molecular weight excluding hydrogens is 413 g/mol. The lowest BCUT2D eigenvalue weighted by Crippen LogP contribution is -2.12. The Bertz CT molecular complexity index is 840. The van der Waals surface area contributed by atoms with Crippen molar-refractivity contribution >= 4 is 19.4 Å². The molecule has 0 aliphatic heterocycles. The van der Waals surface area contributed by atoms with Gasteiger partial charge in [0.1, 0.15) is 12.1 Å². The molecule has 0 amide bonds. The van der Waals surface area contributed by atoms with E-state index in [1.54, 1.807) is 6.92 Å². The molecule has 1 heterocycles. The van der Waals surface area contributed by atoms with Crippen LogP contribution in [0.25, 0.3) is 0 Å². The Labute approximate surface area is 174 Å². The molecule has 164 valence electrons. The third kappa shape index (κ3) is 7.96. The van der Waals surface area contributed by atoms with Crippen LogP contribution in [0.15, 0.2) is 43.0 Å². The summed E-state index contributed by atoms with van der Waals surface area (Å²) in [6, 6.07) is 5.42. The van der Waals surface area contributed by atoms with Crippen molar-refractivity contribution in [2.24, 2.45) is 0 Å². The zero-order valence-corrected chi connectivity index (χ0v) is 17.7. The third-order valence-electron chi connectivity index (χ3n) is 4.13. The number of nitro groups is 1. The van der Waals surface area contributed by atoms with Gasteiger partial charge in [-0.05, 0) is 31.9 Å². The first-order chi connectivity index (χ1) is 14.4. The van der Waals surface area contributed by atoms with E-state index in [0.717, 1.165) is 25.7 Å². The van der Waals surface area contributed by atoms with Crippen molar-refractivity contribution in [2.75, 3.05) is 19.4 Å². The molecule has 0 radical (unpaired) electrons. The maximum absolute atomic E-state index is 12.9. The highest BCUT2D eigenvalue weighted by atomic mass is 31.2. The summed E-state index contributed by atoms with van der Waals surface area (Å²) in [5.41, 5.74) is -0.0655. The van der Waals surface area contributed by atoms with Gasteiger partial charge in [-0.3, -0.25) is 10.1 Å². The van der Waals surface area contributed by atoms with Gasteiger partial charge in [0, 0.05) is 24.5 Å². The van der Waals surface area contributed by atoms with E-state index < -0.39 is 18.6 Å². The van der Waals surface area contributed by atoms with Gasteiger partial charge in [0.05, 0.1) is 24.3 Å². The molecular formula is C19H26N3O7P. The minimum atomic E-state index is -3.33. The molecule has 10 nitrogen and oxygen atoms in total. The largest absolute Gasteiger partial charge is 0.449 e.